The predicted octanol–water partition coefficient (Wildman–Crippen LogP) is 2.61. The minimum atomic E-state index is -3.64. The lowest BCUT2D eigenvalue weighted by Gasteiger charge is -2.30. The van der Waals surface area contributed by atoms with Gasteiger partial charge in [0.2, 0.25) is 10.0 Å². The van der Waals surface area contributed by atoms with Gasteiger partial charge in [0, 0.05) is 30.9 Å². The van der Waals surface area contributed by atoms with Gasteiger partial charge in [-0.25, -0.2) is 8.42 Å². The Hall–Kier alpha value is -2.22. The second-order valence-corrected chi connectivity index (χ2v) is 9.12. The monoisotopic (exact) mass is 400 g/mol. The number of rotatable bonds is 3. The van der Waals surface area contributed by atoms with E-state index >= 15 is 0 Å². The first-order chi connectivity index (χ1) is 13.5. The number of sulfonamides is 1. The first kappa shape index (κ1) is 19.1. The number of nitrogens with zero attached hydrogens (tertiary/aromatic N) is 2. The summed E-state index contributed by atoms with van der Waals surface area (Å²) in [6, 6.07) is 12.7. The number of ether oxygens (including phenoxy) is 1. The maximum atomic E-state index is 13.3. The van der Waals surface area contributed by atoms with Crippen LogP contribution in [0.5, 0.6) is 0 Å². The fourth-order valence-electron chi connectivity index (χ4n) is 3.82. The lowest BCUT2D eigenvalue weighted by Crippen LogP contribution is -2.40. The highest BCUT2D eigenvalue weighted by atomic mass is 32.2. The molecule has 0 bridgehead atoms. The Morgan fingerprint density at radius 3 is 2.57 bits per heavy atom. The van der Waals surface area contributed by atoms with Gasteiger partial charge in [0.1, 0.15) is 0 Å². The van der Waals surface area contributed by atoms with Gasteiger partial charge in [-0.3, -0.25) is 4.79 Å². The van der Waals surface area contributed by atoms with Crippen LogP contribution >= 0.6 is 0 Å². The number of para-hydroxylation sites is 1. The quantitative estimate of drug-likeness (QED) is 0.794. The van der Waals surface area contributed by atoms with Crippen LogP contribution in [-0.4, -0.2) is 51.5 Å². The molecule has 4 rings (SSSR count). The third-order valence-electron chi connectivity index (χ3n) is 5.40. The van der Waals surface area contributed by atoms with Gasteiger partial charge >= 0.3 is 0 Å². The number of morpholine rings is 1. The molecule has 0 radical (unpaired) electrons. The highest BCUT2D eigenvalue weighted by Gasteiger charge is 2.29. The Kier molecular flexibility index (Phi) is 5.23. The summed E-state index contributed by atoms with van der Waals surface area (Å²) in [5.74, 6) is -0.149. The van der Waals surface area contributed by atoms with E-state index in [4.69, 9.17) is 4.74 Å². The second kappa shape index (κ2) is 7.66. The van der Waals surface area contributed by atoms with E-state index in [0.717, 1.165) is 29.7 Å². The van der Waals surface area contributed by atoms with Crippen LogP contribution in [-0.2, 0) is 21.2 Å². The number of hydrogen-bond donors (Lipinski definition) is 0. The third-order valence-corrected chi connectivity index (χ3v) is 7.30. The van der Waals surface area contributed by atoms with Gasteiger partial charge in [-0.15, -0.1) is 0 Å². The average molecular weight is 401 g/mol. The Morgan fingerprint density at radius 2 is 1.79 bits per heavy atom. The average Bonchev–Trinajstić information content (AvgIpc) is 2.73. The van der Waals surface area contributed by atoms with Crippen molar-refractivity contribution in [2.75, 3.05) is 37.7 Å². The fraction of sp³-hybridized carbons (Fsp3) is 0.381. The van der Waals surface area contributed by atoms with Crippen LogP contribution < -0.4 is 4.90 Å². The SMILES string of the molecule is Cc1ccc(S(=O)(=O)N2CCOCC2)cc1C(=O)N1CCCc2ccccc21. The van der Waals surface area contributed by atoms with Crippen LogP contribution in [0, 0.1) is 6.92 Å². The molecule has 0 aromatic heterocycles. The largest absolute Gasteiger partial charge is 0.379 e. The number of benzene rings is 2. The summed E-state index contributed by atoms with van der Waals surface area (Å²) in [6.45, 7) is 3.92. The van der Waals surface area contributed by atoms with Crippen molar-refractivity contribution in [3.05, 3.63) is 59.2 Å². The number of aryl methyl sites for hydroxylation is 2. The fourth-order valence-corrected chi connectivity index (χ4v) is 5.25. The zero-order valence-corrected chi connectivity index (χ0v) is 16.7. The van der Waals surface area contributed by atoms with E-state index in [1.807, 2.05) is 31.2 Å². The summed E-state index contributed by atoms with van der Waals surface area (Å²) in [6.07, 6.45) is 1.85. The Labute approximate surface area is 165 Å². The van der Waals surface area contributed by atoms with Crippen LogP contribution in [0.3, 0.4) is 0 Å². The topological polar surface area (TPSA) is 66.9 Å². The van der Waals surface area contributed by atoms with Crippen LogP contribution in [0.25, 0.3) is 0 Å². The van der Waals surface area contributed by atoms with Crippen LogP contribution in [0.4, 0.5) is 5.69 Å². The van der Waals surface area contributed by atoms with E-state index in [1.54, 1.807) is 17.0 Å². The number of carbonyl (C=O) groups excluding carboxylic acids is 1. The molecule has 2 aromatic carbocycles. The van der Waals surface area contributed by atoms with Crippen LogP contribution in [0.15, 0.2) is 47.4 Å². The molecule has 2 aliphatic rings. The van der Waals surface area contributed by atoms with Crippen molar-refractivity contribution in [1.29, 1.82) is 0 Å². The summed E-state index contributed by atoms with van der Waals surface area (Å²) in [5.41, 5.74) is 3.27. The molecule has 2 heterocycles. The molecular formula is C21H24N2O4S. The predicted molar refractivity (Wildman–Crippen MR) is 107 cm³/mol. The molecule has 1 saturated heterocycles. The zero-order chi connectivity index (χ0) is 19.7. The molecule has 6 nitrogen and oxygen atoms in total. The summed E-state index contributed by atoms with van der Waals surface area (Å²) in [4.78, 5) is 15.3. The van der Waals surface area contributed by atoms with Gasteiger partial charge in [0.15, 0.2) is 0 Å². The molecule has 1 amide bonds. The molecule has 7 heteroatoms. The molecule has 0 spiro atoms. The minimum absolute atomic E-state index is 0.149. The van der Waals surface area contributed by atoms with Crippen molar-refractivity contribution in [2.45, 2.75) is 24.7 Å². The van der Waals surface area contributed by atoms with Gasteiger partial charge < -0.3 is 9.64 Å². The van der Waals surface area contributed by atoms with Crippen molar-refractivity contribution in [3.63, 3.8) is 0 Å². The molecule has 1 fully saturated rings. The smallest absolute Gasteiger partial charge is 0.258 e. The number of amides is 1. The van der Waals surface area contributed by atoms with Gasteiger partial charge in [-0.2, -0.15) is 4.31 Å². The summed E-state index contributed by atoms with van der Waals surface area (Å²) < 4.78 is 32.7. The van der Waals surface area contributed by atoms with Crippen molar-refractivity contribution in [2.24, 2.45) is 0 Å². The first-order valence-corrected chi connectivity index (χ1v) is 11.0. The summed E-state index contributed by atoms with van der Waals surface area (Å²) in [5, 5.41) is 0. The van der Waals surface area contributed by atoms with Crippen molar-refractivity contribution < 1.29 is 17.9 Å². The lowest BCUT2D eigenvalue weighted by atomic mass is 10.00. The molecule has 0 atom stereocenters. The molecule has 28 heavy (non-hydrogen) atoms. The Bertz CT molecular complexity index is 997. The summed E-state index contributed by atoms with van der Waals surface area (Å²) in [7, 11) is -3.64. The van der Waals surface area contributed by atoms with E-state index in [-0.39, 0.29) is 10.8 Å². The van der Waals surface area contributed by atoms with E-state index in [0.29, 0.717) is 38.4 Å². The number of fused-ring (bicyclic) bond motifs is 1. The molecule has 0 saturated carbocycles. The molecule has 2 aromatic rings. The van der Waals surface area contributed by atoms with Crippen LogP contribution in [0.2, 0.25) is 0 Å². The number of carbonyl (C=O) groups is 1. The van der Waals surface area contributed by atoms with Crippen LogP contribution in [0.1, 0.15) is 27.9 Å². The first-order valence-electron chi connectivity index (χ1n) is 9.57. The van der Waals surface area contributed by atoms with E-state index in [1.165, 1.54) is 10.4 Å². The van der Waals surface area contributed by atoms with E-state index < -0.39 is 10.0 Å². The maximum Gasteiger partial charge on any atom is 0.258 e. The molecule has 0 N–H and O–H groups in total. The van der Waals surface area contributed by atoms with Crippen molar-refractivity contribution in [3.8, 4) is 0 Å². The molecule has 2 aliphatic heterocycles. The summed E-state index contributed by atoms with van der Waals surface area (Å²) >= 11 is 0. The number of hydrogen-bond acceptors (Lipinski definition) is 4. The molecular weight excluding hydrogens is 376 g/mol. The Morgan fingerprint density at radius 1 is 1.04 bits per heavy atom. The highest BCUT2D eigenvalue weighted by molar-refractivity contribution is 7.89. The third kappa shape index (κ3) is 3.45. The Balaban J connectivity index is 1.69. The van der Waals surface area contributed by atoms with Crippen molar-refractivity contribution >= 4 is 21.6 Å². The molecule has 0 aliphatic carbocycles. The zero-order valence-electron chi connectivity index (χ0n) is 15.9. The normalized spacial score (nSPS) is 18.0. The van der Waals surface area contributed by atoms with Gasteiger partial charge in [0.05, 0.1) is 18.1 Å². The van der Waals surface area contributed by atoms with E-state index in [2.05, 4.69) is 0 Å². The van der Waals surface area contributed by atoms with Crippen molar-refractivity contribution in [1.82, 2.24) is 4.31 Å². The van der Waals surface area contributed by atoms with Gasteiger partial charge in [-0.1, -0.05) is 24.3 Å². The highest BCUT2D eigenvalue weighted by Crippen LogP contribution is 2.29. The standard InChI is InChI=1S/C21H24N2O4S/c1-16-8-9-18(28(25,26)22-11-13-27-14-12-22)15-19(16)21(24)23-10-4-6-17-5-2-3-7-20(17)23/h2-3,5,7-9,15H,4,6,10-14H2,1H3. The van der Waals surface area contributed by atoms with E-state index in [9.17, 15) is 13.2 Å². The second-order valence-electron chi connectivity index (χ2n) is 7.18. The molecule has 0 unspecified atom stereocenters. The lowest BCUT2D eigenvalue weighted by molar-refractivity contribution is 0.0730. The van der Waals surface area contributed by atoms with Gasteiger partial charge in [-0.05, 0) is 49.1 Å². The molecule has 148 valence electrons. The minimum Gasteiger partial charge on any atom is -0.379 e. The van der Waals surface area contributed by atoms with Gasteiger partial charge in [0.25, 0.3) is 5.91 Å². The maximum absolute atomic E-state index is 13.3. The number of anilines is 1.